The van der Waals surface area contributed by atoms with Gasteiger partial charge >= 0.3 is 12.1 Å². The number of aryl methyl sites for hydroxylation is 1. The van der Waals surface area contributed by atoms with Crippen LogP contribution in [-0.4, -0.2) is 28.8 Å². The molecule has 116 valence electrons. The predicted octanol–water partition coefficient (Wildman–Crippen LogP) is 3.17. The van der Waals surface area contributed by atoms with E-state index >= 15 is 0 Å². The van der Waals surface area contributed by atoms with Gasteiger partial charge < -0.3 is 15.2 Å². The second-order valence-electron chi connectivity index (χ2n) is 5.82. The number of benzene rings is 1. The minimum absolute atomic E-state index is 0.134. The van der Waals surface area contributed by atoms with Gasteiger partial charge in [0.1, 0.15) is 11.6 Å². The Hall–Kier alpha value is -1.75. The van der Waals surface area contributed by atoms with Gasteiger partial charge in [0.15, 0.2) is 0 Å². The van der Waals surface area contributed by atoms with Gasteiger partial charge in [-0.2, -0.15) is 0 Å². The number of halogens is 1. The van der Waals surface area contributed by atoms with Crippen molar-refractivity contribution in [2.24, 2.45) is 0 Å². The van der Waals surface area contributed by atoms with Crippen LogP contribution in [-0.2, 0) is 16.0 Å². The van der Waals surface area contributed by atoms with Crippen LogP contribution in [0.15, 0.2) is 18.2 Å². The normalized spacial score (nSPS) is 12.6. The lowest BCUT2D eigenvalue weighted by molar-refractivity contribution is -0.139. The van der Waals surface area contributed by atoms with Gasteiger partial charge in [0, 0.05) is 11.4 Å². The summed E-state index contributed by atoms with van der Waals surface area (Å²) in [6, 6.07) is 4.22. The van der Waals surface area contributed by atoms with Crippen molar-refractivity contribution in [2.45, 2.75) is 45.8 Å². The van der Waals surface area contributed by atoms with Gasteiger partial charge in [-0.05, 0) is 44.9 Å². The Balaban J connectivity index is 2.76. The molecule has 0 saturated carbocycles. The summed E-state index contributed by atoms with van der Waals surface area (Å²) in [6.45, 7) is 6.99. The molecule has 0 fully saturated rings. The number of aliphatic carboxylic acids is 1. The number of ether oxygens (including phenoxy) is 1. The summed E-state index contributed by atoms with van der Waals surface area (Å²) in [5.41, 5.74) is 0.960. The number of carboxylic acid groups (broad SMARTS) is 1. The molecule has 0 aliphatic rings. The molecule has 0 spiro atoms. The Bertz CT molecular complexity index is 537. The number of hydrogen-bond acceptors (Lipinski definition) is 3. The molecular weight excluding hydrogens is 294 g/mol. The van der Waals surface area contributed by atoms with Gasteiger partial charge in [-0.25, -0.2) is 9.59 Å². The molecule has 0 radical (unpaired) electrons. The van der Waals surface area contributed by atoms with E-state index in [4.69, 9.17) is 16.3 Å². The lowest BCUT2D eigenvalue weighted by Crippen LogP contribution is -2.44. The topological polar surface area (TPSA) is 75.6 Å². The maximum Gasteiger partial charge on any atom is 0.408 e. The van der Waals surface area contributed by atoms with E-state index in [-0.39, 0.29) is 6.42 Å². The number of carbonyl (C=O) groups is 2. The largest absolute Gasteiger partial charge is 0.480 e. The second-order valence-corrected chi connectivity index (χ2v) is 6.23. The van der Waals surface area contributed by atoms with Crippen molar-refractivity contribution in [1.82, 2.24) is 5.32 Å². The van der Waals surface area contributed by atoms with Crippen molar-refractivity contribution < 1.29 is 19.4 Å². The first-order valence-corrected chi connectivity index (χ1v) is 6.93. The van der Waals surface area contributed by atoms with E-state index in [1.807, 2.05) is 13.0 Å². The molecule has 5 nitrogen and oxygen atoms in total. The lowest BCUT2D eigenvalue weighted by atomic mass is 10.0. The highest BCUT2D eigenvalue weighted by molar-refractivity contribution is 6.31. The quantitative estimate of drug-likeness (QED) is 0.895. The number of amides is 1. The molecule has 21 heavy (non-hydrogen) atoms. The standard InChI is InChI=1S/C15H20ClNO4/c1-9-5-6-10(7-11(9)16)8-12(13(18)19)17-14(20)21-15(2,3)4/h5-7,12H,8H2,1-4H3,(H,17,20)(H,18,19). The molecule has 1 rings (SSSR count). The first kappa shape index (κ1) is 17.3. The zero-order valence-corrected chi connectivity index (χ0v) is 13.3. The number of rotatable bonds is 4. The Labute approximate surface area is 129 Å². The zero-order valence-electron chi connectivity index (χ0n) is 12.6. The molecule has 6 heteroatoms. The fourth-order valence-electron chi connectivity index (χ4n) is 1.65. The van der Waals surface area contributed by atoms with Gasteiger partial charge in [0.05, 0.1) is 0 Å². The Kier molecular flexibility index (Phi) is 5.61. The summed E-state index contributed by atoms with van der Waals surface area (Å²) in [5.74, 6) is -1.13. The molecule has 0 aromatic heterocycles. The van der Waals surface area contributed by atoms with Crippen LogP contribution < -0.4 is 5.32 Å². The first-order chi connectivity index (χ1) is 9.58. The third-order valence-corrected chi connectivity index (χ3v) is 3.07. The Morgan fingerprint density at radius 1 is 1.38 bits per heavy atom. The van der Waals surface area contributed by atoms with E-state index < -0.39 is 23.7 Å². The van der Waals surface area contributed by atoms with E-state index in [2.05, 4.69) is 5.32 Å². The van der Waals surface area contributed by atoms with Gasteiger partial charge in [0.2, 0.25) is 0 Å². The summed E-state index contributed by atoms with van der Waals surface area (Å²) >= 11 is 6.01. The third-order valence-electron chi connectivity index (χ3n) is 2.67. The van der Waals surface area contributed by atoms with Crippen LogP contribution in [0.2, 0.25) is 5.02 Å². The van der Waals surface area contributed by atoms with E-state index in [0.717, 1.165) is 11.1 Å². The van der Waals surface area contributed by atoms with Crippen LogP contribution in [0, 0.1) is 6.92 Å². The van der Waals surface area contributed by atoms with Crippen LogP contribution in [0.1, 0.15) is 31.9 Å². The SMILES string of the molecule is Cc1ccc(CC(NC(=O)OC(C)(C)C)C(=O)O)cc1Cl. The highest BCUT2D eigenvalue weighted by Gasteiger charge is 2.24. The molecule has 1 amide bonds. The zero-order chi connectivity index (χ0) is 16.2. The fourth-order valence-corrected chi connectivity index (χ4v) is 1.85. The van der Waals surface area contributed by atoms with Gasteiger partial charge in [-0.15, -0.1) is 0 Å². The van der Waals surface area contributed by atoms with Gasteiger partial charge in [0.25, 0.3) is 0 Å². The number of hydrogen-bond donors (Lipinski definition) is 2. The summed E-state index contributed by atoms with van der Waals surface area (Å²) in [5, 5.41) is 12.1. The van der Waals surface area contributed by atoms with Crippen LogP contribution in [0.4, 0.5) is 4.79 Å². The fraction of sp³-hybridized carbons (Fsp3) is 0.467. The molecular formula is C15H20ClNO4. The van der Waals surface area contributed by atoms with E-state index in [0.29, 0.717) is 5.02 Å². The van der Waals surface area contributed by atoms with Gasteiger partial charge in [-0.1, -0.05) is 23.7 Å². The monoisotopic (exact) mass is 313 g/mol. The molecule has 2 N–H and O–H groups in total. The smallest absolute Gasteiger partial charge is 0.408 e. The highest BCUT2D eigenvalue weighted by Crippen LogP contribution is 2.18. The highest BCUT2D eigenvalue weighted by atomic mass is 35.5. The minimum Gasteiger partial charge on any atom is -0.480 e. The van der Waals surface area contributed by atoms with Crippen molar-refractivity contribution >= 4 is 23.7 Å². The number of nitrogens with one attached hydrogen (secondary N) is 1. The van der Waals surface area contributed by atoms with E-state index in [1.165, 1.54) is 0 Å². The van der Waals surface area contributed by atoms with Crippen LogP contribution in [0.3, 0.4) is 0 Å². The maximum absolute atomic E-state index is 11.7. The summed E-state index contributed by atoms with van der Waals surface area (Å²) in [7, 11) is 0. The lowest BCUT2D eigenvalue weighted by Gasteiger charge is -2.22. The van der Waals surface area contributed by atoms with Crippen molar-refractivity contribution in [2.75, 3.05) is 0 Å². The molecule has 0 saturated heterocycles. The van der Waals surface area contributed by atoms with Crippen molar-refractivity contribution in [1.29, 1.82) is 0 Å². The Morgan fingerprint density at radius 3 is 2.48 bits per heavy atom. The van der Waals surface area contributed by atoms with Gasteiger partial charge in [-0.3, -0.25) is 0 Å². The predicted molar refractivity (Wildman–Crippen MR) is 80.7 cm³/mol. The van der Waals surface area contributed by atoms with Crippen molar-refractivity contribution in [3.63, 3.8) is 0 Å². The van der Waals surface area contributed by atoms with Crippen LogP contribution in [0.5, 0.6) is 0 Å². The number of alkyl carbamates (subject to hydrolysis) is 1. The number of carboxylic acids is 1. The summed E-state index contributed by atoms with van der Waals surface area (Å²) in [4.78, 5) is 22.9. The van der Waals surface area contributed by atoms with Crippen LogP contribution >= 0.6 is 11.6 Å². The molecule has 1 aromatic rings. The van der Waals surface area contributed by atoms with Crippen LogP contribution in [0.25, 0.3) is 0 Å². The van der Waals surface area contributed by atoms with Crippen molar-refractivity contribution in [3.05, 3.63) is 34.3 Å². The average molecular weight is 314 g/mol. The molecule has 0 aliphatic heterocycles. The molecule has 0 aliphatic carbocycles. The molecule has 1 unspecified atom stereocenters. The summed E-state index contributed by atoms with van der Waals surface area (Å²) < 4.78 is 5.06. The van der Waals surface area contributed by atoms with E-state index in [1.54, 1.807) is 32.9 Å². The minimum atomic E-state index is -1.13. The molecule has 0 heterocycles. The number of carbonyl (C=O) groups excluding carboxylic acids is 1. The first-order valence-electron chi connectivity index (χ1n) is 6.56. The second kappa shape index (κ2) is 6.80. The van der Waals surface area contributed by atoms with E-state index in [9.17, 15) is 14.7 Å². The average Bonchev–Trinajstić information content (AvgIpc) is 2.30. The molecule has 1 aromatic carbocycles. The third kappa shape index (κ3) is 6.04. The maximum atomic E-state index is 11.7. The molecule has 0 bridgehead atoms. The van der Waals surface area contributed by atoms with Crippen molar-refractivity contribution in [3.8, 4) is 0 Å². The Morgan fingerprint density at radius 2 is 2.00 bits per heavy atom. The summed E-state index contributed by atoms with van der Waals surface area (Å²) in [6.07, 6.45) is -0.623. The molecule has 1 atom stereocenters.